The first-order chi connectivity index (χ1) is 9.60. The maximum absolute atomic E-state index is 11.9. The Morgan fingerprint density at radius 2 is 2.20 bits per heavy atom. The maximum atomic E-state index is 11.9. The minimum atomic E-state index is -0.241. The van der Waals surface area contributed by atoms with E-state index in [1.165, 1.54) is 4.88 Å². The smallest absolute Gasteiger partial charge is 0.271 e. The number of ether oxygens (including phenoxy) is 1. The second kappa shape index (κ2) is 6.85. The van der Waals surface area contributed by atoms with Crippen molar-refractivity contribution in [2.45, 2.75) is 6.92 Å². The molecule has 0 aliphatic heterocycles. The molecule has 0 aliphatic carbocycles. The fourth-order valence-corrected chi connectivity index (χ4v) is 3.03. The molecule has 0 atom stereocenters. The van der Waals surface area contributed by atoms with Crippen LogP contribution >= 0.6 is 33.9 Å². The number of amides is 1. The number of halogens is 1. The number of nitrogens with one attached hydrogen (secondary N) is 1. The van der Waals surface area contributed by atoms with Gasteiger partial charge < -0.3 is 4.74 Å². The number of benzene rings is 1. The van der Waals surface area contributed by atoms with E-state index in [4.69, 9.17) is 4.74 Å². The minimum Gasteiger partial charge on any atom is -0.496 e. The second-order valence-electron chi connectivity index (χ2n) is 4.00. The van der Waals surface area contributed by atoms with Crippen molar-refractivity contribution in [3.8, 4) is 5.75 Å². The lowest BCUT2D eigenvalue weighted by Gasteiger charge is -2.05. The molecule has 6 heteroatoms. The van der Waals surface area contributed by atoms with Gasteiger partial charge in [-0.1, -0.05) is 0 Å². The Hall–Kier alpha value is -1.41. The highest BCUT2D eigenvalue weighted by molar-refractivity contribution is 14.1. The summed E-state index contributed by atoms with van der Waals surface area (Å²) in [5, 5.41) is 3.96. The summed E-state index contributed by atoms with van der Waals surface area (Å²) >= 11 is 3.75. The number of thiophene rings is 1. The van der Waals surface area contributed by atoms with Crippen LogP contribution in [0.5, 0.6) is 5.75 Å². The van der Waals surface area contributed by atoms with Crippen molar-refractivity contribution in [2.24, 2.45) is 5.10 Å². The number of carbonyl (C=O) groups is 1. The third kappa shape index (κ3) is 3.80. The van der Waals surface area contributed by atoms with Gasteiger partial charge >= 0.3 is 0 Å². The van der Waals surface area contributed by atoms with Crippen molar-refractivity contribution in [2.75, 3.05) is 7.11 Å². The predicted molar refractivity (Wildman–Crippen MR) is 89.8 cm³/mol. The number of aryl methyl sites for hydroxylation is 1. The highest BCUT2D eigenvalue weighted by Gasteiger charge is 2.07. The van der Waals surface area contributed by atoms with Gasteiger partial charge in [-0.05, 0) is 59.8 Å². The molecular formula is C14H13IN2O2S. The second-order valence-corrected chi connectivity index (χ2v) is 6.48. The number of hydrogen-bond acceptors (Lipinski definition) is 4. The Bertz CT molecular complexity index is 652. The maximum Gasteiger partial charge on any atom is 0.271 e. The molecule has 1 aromatic heterocycles. The molecule has 104 valence electrons. The molecule has 0 aliphatic rings. The number of hydrazone groups is 1. The zero-order valence-corrected chi connectivity index (χ0v) is 14.0. The van der Waals surface area contributed by atoms with E-state index in [1.54, 1.807) is 42.9 Å². The first-order valence-corrected chi connectivity index (χ1v) is 7.73. The molecule has 1 N–H and O–H groups in total. The number of hydrogen-bond donors (Lipinski definition) is 1. The van der Waals surface area contributed by atoms with Gasteiger partial charge in [0.05, 0.1) is 16.9 Å². The summed E-state index contributed by atoms with van der Waals surface area (Å²) in [6, 6.07) is 9.22. The van der Waals surface area contributed by atoms with Crippen LogP contribution in [0.3, 0.4) is 0 Å². The largest absolute Gasteiger partial charge is 0.496 e. The lowest BCUT2D eigenvalue weighted by atomic mass is 10.2. The van der Waals surface area contributed by atoms with Crippen LogP contribution in [-0.2, 0) is 0 Å². The van der Waals surface area contributed by atoms with Crippen LogP contribution in [0.4, 0.5) is 0 Å². The number of carbonyl (C=O) groups excluding carboxylic acids is 1. The number of methoxy groups -OCH3 is 1. The highest BCUT2D eigenvalue weighted by atomic mass is 127. The van der Waals surface area contributed by atoms with E-state index in [0.717, 1.165) is 14.2 Å². The summed E-state index contributed by atoms with van der Waals surface area (Å²) in [7, 11) is 1.60. The molecule has 0 radical (unpaired) electrons. The number of nitrogens with zero attached hydrogens (tertiary/aromatic N) is 1. The molecule has 0 saturated carbocycles. The van der Waals surface area contributed by atoms with Gasteiger partial charge in [-0.2, -0.15) is 5.10 Å². The zero-order chi connectivity index (χ0) is 14.5. The van der Waals surface area contributed by atoms with Gasteiger partial charge in [0.25, 0.3) is 5.91 Å². The van der Waals surface area contributed by atoms with Crippen molar-refractivity contribution in [1.82, 2.24) is 5.43 Å². The molecule has 0 bridgehead atoms. The van der Waals surface area contributed by atoms with Crippen molar-refractivity contribution >= 4 is 46.0 Å². The van der Waals surface area contributed by atoms with Crippen molar-refractivity contribution < 1.29 is 9.53 Å². The minimum absolute atomic E-state index is 0.241. The Morgan fingerprint density at radius 1 is 1.40 bits per heavy atom. The highest BCUT2D eigenvalue weighted by Crippen LogP contribution is 2.21. The standard InChI is InChI=1S/C14H13IN2O2S/c1-9-3-5-11(20-9)8-16-17-14(18)10-4-6-13(19-2)12(15)7-10/h3-8H,1-2H3,(H,17,18)/b16-8-. The normalized spacial score (nSPS) is 10.8. The van der Waals surface area contributed by atoms with E-state index in [2.05, 4.69) is 33.1 Å². The Morgan fingerprint density at radius 3 is 2.80 bits per heavy atom. The van der Waals surface area contributed by atoms with Gasteiger partial charge in [-0.25, -0.2) is 5.43 Å². The average Bonchev–Trinajstić information content (AvgIpc) is 2.84. The van der Waals surface area contributed by atoms with E-state index in [0.29, 0.717) is 5.56 Å². The van der Waals surface area contributed by atoms with Gasteiger partial charge in [0.2, 0.25) is 0 Å². The van der Waals surface area contributed by atoms with Crippen LogP contribution in [0.15, 0.2) is 35.4 Å². The van der Waals surface area contributed by atoms with Gasteiger partial charge in [0.1, 0.15) is 5.75 Å². The van der Waals surface area contributed by atoms with Crippen molar-refractivity contribution in [3.63, 3.8) is 0 Å². The summed E-state index contributed by atoms with van der Waals surface area (Å²) in [5.41, 5.74) is 3.07. The fourth-order valence-electron chi connectivity index (χ4n) is 1.55. The van der Waals surface area contributed by atoms with Gasteiger partial charge in [-0.15, -0.1) is 11.3 Å². The van der Waals surface area contributed by atoms with Crippen molar-refractivity contribution in [3.05, 3.63) is 49.2 Å². The molecule has 0 spiro atoms. The molecule has 0 unspecified atom stereocenters. The topological polar surface area (TPSA) is 50.7 Å². The van der Waals surface area contributed by atoms with E-state index >= 15 is 0 Å². The molecular weight excluding hydrogens is 387 g/mol. The van der Waals surface area contributed by atoms with E-state index in [-0.39, 0.29) is 5.91 Å². The summed E-state index contributed by atoms with van der Waals surface area (Å²) < 4.78 is 6.04. The first-order valence-electron chi connectivity index (χ1n) is 5.83. The van der Waals surface area contributed by atoms with Crippen LogP contribution < -0.4 is 10.2 Å². The van der Waals surface area contributed by atoms with Crippen molar-refractivity contribution in [1.29, 1.82) is 0 Å². The Labute approximate surface area is 135 Å². The van der Waals surface area contributed by atoms with Gasteiger partial charge in [0.15, 0.2) is 0 Å². The third-order valence-electron chi connectivity index (χ3n) is 2.53. The molecule has 0 saturated heterocycles. The lowest BCUT2D eigenvalue weighted by molar-refractivity contribution is 0.0955. The first kappa shape index (κ1) is 15.0. The van der Waals surface area contributed by atoms with Crippen LogP contribution in [0, 0.1) is 10.5 Å². The van der Waals surface area contributed by atoms with Crippen LogP contribution in [0.25, 0.3) is 0 Å². The fraction of sp³-hybridized carbons (Fsp3) is 0.143. The molecule has 2 rings (SSSR count). The summed E-state index contributed by atoms with van der Waals surface area (Å²) in [5.74, 6) is 0.509. The Kier molecular flexibility index (Phi) is 5.13. The summed E-state index contributed by atoms with van der Waals surface area (Å²) in [4.78, 5) is 14.1. The van der Waals surface area contributed by atoms with Gasteiger partial charge in [0, 0.05) is 15.3 Å². The number of rotatable bonds is 4. The quantitative estimate of drug-likeness (QED) is 0.486. The average molecular weight is 400 g/mol. The lowest BCUT2D eigenvalue weighted by Crippen LogP contribution is -2.17. The molecule has 20 heavy (non-hydrogen) atoms. The predicted octanol–water partition coefficient (Wildman–Crippen LogP) is 3.43. The molecule has 1 amide bonds. The molecule has 1 heterocycles. The zero-order valence-electron chi connectivity index (χ0n) is 11.0. The molecule has 4 nitrogen and oxygen atoms in total. The van der Waals surface area contributed by atoms with Gasteiger partial charge in [-0.3, -0.25) is 4.79 Å². The van der Waals surface area contributed by atoms with E-state index in [9.17, 15) is 4.79 Å². The monoisotopic (exact) mass is 400 g/mol. The summed E-state index contributed by atoms with van der Waals surface area (Å²) in [6.07, 6.45) is 1.64. The molecule has 1 aromatic carbocycles. The summed E-state index contributed by atoms with van der Waals surface area (Å²) in [6.45, 7) is 2.03. The van der Waals surface area contributed by atoms with E-state index < -0.39 is 0 Å². The molecule has 0 fully saturated rings. The van der Waals surface area contributed by atoms with E-state index in [1.807, 2.05) is 19.1 Å². The van der Waals surface area contributed by atoms with Crippen LogP contribution in [0.2, 0.25) is 0 Å². The third-order valence-corrected chi connectivity index (χ3v) is 4.31. The van der Waals surface area contributed by atoms with Crippen LogP contribution in [-0.4, -0.2) is 19.2 Å². The molecule has 2 aromatic rings. The SMILES string of the molecule is COc1ccc(C(=O)N/N=C\c2ccc(C)s2)cc1I. The van der Waals surface area contributed by atoms with Crippen LogP contribution in [0.1, 0.15) is 20.1 Å². The Balaban J connectivity index is 2.01.